The van der Waals surface area contributed by atoms with Crippen LogP contribution < -0.4 is 5.32 Å². The van der Waals surface area contributed by atoms with Crippen molar-refractivity contribution >= 4 is 23.6 Å². The molecule has 0 fully saturated rings. The van der Waals surface area contributed by atoms with Gasteiger partial charge in [-0.25, -0.2) is 4.79 Å². The summed E-state index contributed by atoms with van der Waals surface area (Å²) < 4.78 is 0.00164. The molecule has 0 aromatic rings. The molecule has 0 atom stereocenters. The van der Waals surface area contributed by atoms with E-state index in [0.717, 1.165) is 0 Å². The normalized spacial score (nSPS) is 12.3. The third kappa shape index (κ3) is 5.44. The van der Waals surface area contributed by atoms with Crippen molar-refractivity contribution in [3.63, 3.8) is 0 Å². The summed E-state index contributed by atoms with van der Waals surface area (Å²) in [5.41, 5.74) is -1.12. The maximum absolute atomic E-state index is 11.7. The summed E-state index contributed by atoms with van der Waals surface area (Å²) >= 11 is 1.51. The molecule has 0 aromatic heterocycles. The zero-order valence-corrected chi connectivity index (χ0v) is 12.1. The molecule has 0 spiro atoms. The second-order valence-corrected chi connectivity index (χ2v) is 6.85. The van der Waals surface area contributed by atoms with Gasteiger partial charge in [-0.1, -0.05) is 34.6 Å². The van der Waals surface area contributed by atoms with Gasteiger partial charge < -0.3 is 10.4 Å². The fourth-order valence-electron chi connectivity index (χ4n) is 1.37. The molecule has 0 radical (unpaired) electrons. The molecule has 0 bridgehead atoms. The molecule has 0 saturated carbocycles. The molecule has 0 rings (SSSR count). The van der Waals surface area contributed by atoms with Crippen molar-refractivity contribution in [1.82, 2.24) is 5.32 Å². The Bertz CT molecular complexity index is 280. The molecule has 0 aliphatic heterocycles. The largest absolute Gasteiger partial charge is 0.480 e. The molecule has 17 heavy (non-hydrogen) atoms. The summed E-state index contributed by atoms with van der Waals surface area (Å²) in [7, 11) is 0. The van der Waals surface area contributed by atoms with Gasteiger partial charge in [0.25, 0.3) is 0 Å². The van der Waals surface area contributed by atoms with Gasteiger partial charge in [-0.05, 0) is 12.8 Å². The Morgan fingerprint density at radius 3 is 1.94 bits per heavy atom. The number of thioether (sulfide) groups is 1. The lowest BCUT2D eigenvalue weighted by Gasteiger charge is -2.28. The Morgan fingerprint density at radius 1 is 1.18 bits per heavy atom. The fraction of sp³-hybridized carbons (Fsp3) is 0.833. The van der Waals surface area contributed by atoms with Gasteiger partial charge in [0.05, 0.1) is 5.75 Å². The highest BCUT2D eigenvalue weighted by molar-refractivity contribution is 8.01. The molecule has 4 nitrogen and oxygen atoms in total. The van der Waals surface area contributed by atoms with Crippen LogP contribution in [0.2, 0.25) is 0 Å². The molecule has 0 aromatic carbocycles. The van der Waals surface area contributed by atoms with Crippen LogP contribution in [-0.2, 0) is 9.59 Å². The molecule has 1 amide bonds. The molecule has 0 saturated heterocycles. The quantitative estimate of drug-likeness (QED) is 0.770. The monoisotopic (exact) mass is 261 g/mol. The van der Waals surface area contributed by atoms with E-state index in [0.29, 0.717) is 18.6 Å². The molecule has 100 valence electrons. The predicted molar refractivity (Wildman–Crippen MR) is 71.3 cm³/mol. The maximum Gasteiger partial charge on any atom is 0.329 e. The average molecular weight is 261 g/mol. The van der Waals surface area contributed by atoms with Gasteiger partial charge in [0, 0.05) is 4.75 Å². The first kappa shape index (κ1) is 16.3. The molecule has 2 N–H and O–H groups in total. The molecule has 0 unspecified atom stereocenters. The van der Waals surface area contributed by atoms with Crippen LogP contribution >= 0.6 is 11.8 Å². The highest BCUT2D eigenvalue weighted by atomic mass is 32.2. The molecular formula is C12H23NO3S. The number of carbonyl (C=O) groups is 2. The van der Waals surface area contributed by atoms with Crippen molar-refractivity contribution in [2.45, 2.75) is 57.7 Å². The lowest BCUT2D eigenvalue weighted by Crippen LogP contribution is -2.54. The minimum atomic E-state index is -1.12. The molecule has 0 aliphatic carbocycles. The number of carboxylic acids is 1. The SMILES string of the molecule is CCC(CC)(NC(=O)CSC(C)(C)C)C(=O)O. The third-order valence-electron chi connectivity index (χ3n) is 2.63. The molecular weight excluding hydrogens is 238 g/mol. The summed E-state index contributed by atoms with van der Waals surface area (Å²) in [5, 5.41) is 11.8. The van der Waals surface area contributed by atoms with Gasteiger partial charge in [-0.15, -0.1) is 11.8 Å². The number of carbonyl (C=O) groups excluding carboxylic acids is 1. The van der Waals surface area contributed by atoms with Crippen LogP contribution in [0.4, 0.5) is 0 Å². The summed E-state index contributed by atoms with van der Waals surface area (Å²) in [6.45, 7) is 9.61. The summed E-state index contributed by atoms with van der Waals surface area (Å²) in [6, 6.07) is 0. The lowest BCUT2D eigenvalue weighted by atomic mass is 9.93. The fourth-order valence-corrected chi connectivity index (χ4v) is 2.00. The number of rotatable bonds is 6. The van der Waals surface area contributed by atoms with Crippen molar-refractivity contribution < 1.29 is 14.7 Å². The average Bonchev–Trinajstić information content (AvgIpc) is 2.22. The highest BCUT2D eigenvalue weighted by Gasteiger charge is 2.36. The predicted octanol–water partition coefficient (Wildman–Crippen LogP) is 2.28. The number of aliphatic carboxylic acids is 1. The van der Waals surface area contributed by atoms with Crippen molar-refractivity contribution in [1.29, 1.82) is 0 Å². The maximum atomic E-state index is 11.7. The second-order valence-electron chi connectivity index (χ2n) is 5.04. The van der Waals surface area contributed by atoms with E-state index < -0.39 is 11.5 Å². The second kappa shape index (κ2) is 6.28. The van der Waals surface area contributed by atoms with Crippen LogP contribution in [0.1, 0.15) is 47.5 Å². The Labute approximate surface area is 108 Å². The molecule has 0 aliphatic rings. The Morgan fingerprint density at radius 2 is 1.65 bits per heavy atom. The molecule has 5 heteroatoms. The number of amides is 1. The molecule has 0 heterocycles. The van der Waals surface area contributed by atoms with Crippen LogP contribution in [0.3, 0.4) is 0 Å². The van der Waals surface area contributed by atoms with Gasteiger partial charge in [0.1, 0.15) is 5.54 Å². The van der Waals surface area contributed by atoms with Gasteiger partial charge in [0.15, 0.2) is 0 Å². The van der Waals surface area contributed by atoms with Gasteiger partial charge in [-0.3, -0.25) is 4.79 Å². The minimum Gasteiger partial charge on any atom is -0.480 e. The van der Waals surface area contributed by atoms with E-state index in [9.17, 15) is 14.7 Å². The van der Waals surface area contributed by atoms with Crippen molar-refractivity contribution in [2.75, 3.05) is 5.75 Å². The topological polar surface area (TPSA) is 66.4 Å². The highest BCUT2D eigenvalue weighted by Crippen LogP contribution is 2.23. The van der Waals surface area contributed by atoms with Gasteiger partial charge >= 0.3 is 5.97 Å². The first-order valence-corrected chi connectivity index (χ1v) is 6.84. The number of hydrogen-bond donors (Lipinski definition) is 2. The van der Waals surface area contributed by atoms with Crippen molar-refractivity contribution in [3.05, 3.63) is 0 Å². The van der Waals surface area contributed by atoms with E-state index in [1.807, 2.05) is 20.8 Å². The van der Waals surface area contributed by atoms with Crippen LogP contribution in [0.15, 0.2) is 0 Å². The number of nitrogens with one attached hydrogen (secondary N) is 1. The van der Waals surface area contributed by atoms with E-state index in [1.165, 1.54) is 11.8 Å². The standard InChI is InChI=1S/C12H23NO3S/c1-6-12(7-2,10(15)16)13-9(14)8-17-11(3,4)5/h6-8H2,1-5H3,(H,13,14)(H,15,16). The summed E-state index contributed by atoms with van der Waals surface area (Å²) in [5.74, 6) is -0.883. The minimum absolute atomic E-state index is 0.00164. The third-order valence-corrected chi connectivity index (χ3v) is 3.90. The number of carboxylic acid groups (broad SMARTS) is 1. The number of hydrogen-bond acceptors (Lipinski definition) is 3. The Hall–Kier alpha value is -0.710. The van der Waals surface area contributed by atoms with Crippen molar-refractivity contribution in [3.8, 4) is 0 Å². The smallest absolute Gasteiger partial charge is 0.329 e. The Kier molecular flexibility index (Phi) is 6.02. The van der Waals surface area contributed by atoms with Gasteiger partial charge in [0.2, 0.25) is 5.91 Å². The van der Waals surface area contributed by atoms with Crippen LogP contribution in [0.5, 0.6) is 0 Å². The first-order chi connectivity index (χ1) is 7.67. The summed E-state index contributed by atoms with van der Waals surface area (Å²) in [4.78, 5) is 22.9. The van der Waals surface area contributed by atoms with Crippen LogP contribution in [0.25, 0.3) is 0 Å². The lowest BCUT2D eigenvalue weighted by molar-refractivity contribution is -0.147. The van der Waals surface area contributed by atoms with Crippen LogP contribution in [0, 0.1) is 0 Å². The van der Waals surface area contributed by atoms with E-state index >= 15 is 0 Å². The van der Waals surface area contributed by atoms with Crippen molar-refractivity contribution in [2.24, 2.45) is 0 Å². The van der Waals surface area contributed by atoms with E-state index in [4.69, 9.17) is 0 Å². The van der Waals surface area contributed by atoms with Gasteiger partial charge in [-0.2, -0.15) is 0 Å². The zero-order chi connectivity index (χ0) is 13.7. The van der Waals surface area contributed by atoms with Crippen LogP contribution in [-0.4, -0.2) is 33.0 Å². The van der Waals surface area contributed by atoms with E-state index in [1.54, 1.807) is 13.8 Å². The van der Waals surface area contributed by atoms with E-state index in [-0.39, 0.29) is 10.7 Å². The summed E-state index contributed by atoms with van der Waals surface area (Å²) in [6.07, 6.45) is 0.787. The first-order valence-electron chi connectivity index (χ1n) is 5.85. The zero-order valence-electron chi connectivity index (χ0n) is 11.3. The van der Waals surface area contributed by atoms with E-state index in [2.05, 4.69) is 5.32 Å². The Balaban J connectivity index is 4.48.